The largest absolute Gasteiger partial charge is 0.327 e. The average Bonchev–Trinajstić information content (AvgIpc) is 1.77. The summed E-state index contributed by atoms with van der Waals surface area (Å²) in [5, 5.41) is 0. The number of hydrogen-bond acceptors (Lipinski definition) is 1. The highest BCUT2D eigenvalue weighted by molar-refractivity contribution is 9.09. The standard InChI is InChI=1S/C6H12BrN/c7-5-3-1-2-4-6(5)8/h5-6H,1-4,8H2/t5-,6+/m1/s1. The Hall–Kier alpha value is 0.440. The van der Waals surface area contributed by atoms with Gasteiger partial charge in [-0.2, -0.15) is 0 Å². The number of nitrogens with two attached hydrogens (primary N) is 1. The molecule has 0 unspecified atom stereocenters. The van der Waals surface area contributed by atoms with Crippen molar-refractivity contribution in [1.29, 1.82) is 0 Å². The molecule has 1 rings (SSSR count). The zero-order valence-electron chi connectivity index (χ0n) is 4.94. The summed E-state index contributed by atoms with van der Waals surface area (Å²) in [4.78, 5) is 0.594. The van der Waals surface area contributed by atoms with E-state index in [4.69, 9.17) is 5.73 Å². The van der Waals surface area contributed by atoms with E-state index in [9.17, 15) is 0 Å². The van der Waals surface area contributed by atoms with Gasteiger partial charge in [0.2, 0.25) is 0 Å². The van der Waals surface area contributed by atoms with Crippen LogP contribution in [-0.2, 0) is 0 Å². The molecule has 0 bridgehead atoms. The summed E-state index contributed by atoms with van der Waals surface area (Å²) in [5.41, 5.74) is 5.73. The SMILES string of the molecule is N[C@H]1CCCC[C@H]1Br. The maximum atomic E-state index is 5.73. The van der Waals surface area contributed by atoms with Crippen LogP contribution < -0.4 is 5.73 Å². The second-order valence-corrected chi connectivity index (χ2v) is 3.64. The fourth-order valence-corrected chi connectivity index (χ4v) is 1.70. The normalized spacial score (nSPS) is 39.8. The predicted octanol–water partition coefficient (Wildman–Crippen LogP) is 1.65. The molecule has 2 N–H and O–H groups in total. The van der Waals surface area contributed by atoms with Gasteiger partial charge in [0.15, 0.2) is 0 Å². The van der Waals surface area contributed by atoms with Crippen LogP contribution in [0.4, 0.5) is 0 Å². The predicted molar refractivity (Wildman–Crippen MR) is 39.2 cm³/mol. The molecule has 0 aliphatic heterocycles. The molecular formula is C6H12BrN. The molecule has 1 aliphatic rings. The Morgan fingerprint density at radius 2 is 1.88 bits per heavy atom. The molecule has 0 amide bonds. The molecule has 48 valence electrons. The van der Waals surface area contributed by atoms with Crippen LogP contribution in [0.2, 0.25) is 0 Å². The fraction of sp³-hybridized carbons (Fsp3) is 1.00. The third-order valence-electron chi connectivity index (χ3n) is 1.73. The van der Waals surface area contributed by atoms with Gasteiger partial charge in [-0.15, -0.1) is 0 Å². The first kappa shape index (κ1) is 6.56. The van der Waals surface area contributed by atoms with Gasteiger partial charge in [0.25, 0.3) is 0 Å². The Bertz CT molecular complexity index is 64.9. The lowest BCUT2D eigenvalue weighted by Gasteiger charge is -2.22. The van der Waals surface area contributed by atoms with Gasteiger partial charge in [-0.1, -0.05) is 28.8 Å². The molecule has 0 aromatic rings. The third kappa shape index (κ3) is 1.46. The molecule has 1 fully saturated rings. The van der Waals surface area contributed by atoms with E-state index in [0.29, 0.717) is 10.9 Å². The first-order chi connectivity index (χ1) is 3.80. The van der Waals surface area contributed by atoms with Crippen molar-refractivity contribution in [1.82, 2.24) is 0 Å². The van der Waals surface area contributed by atoms with Crippen LogP contribution in [0.5, 0.6) is 0 Å². The molecule has 2 atom stereocenters. The van der Waals surface area contributed by atoms with Crippen LogP contribution in [-0.4, -0.2) is 10.9 Å². The Morgan fingerprint density at radius 1 is 1.25 bits per heavy atom. The summed E-state index contributed by atoms with van der Waals surface area (Å²) >= 11 is 3.53. The average molecular weight is 178 g/mol. The van der Waals surface area contributed by atoms with Gasteiger partial charge in [0.05, 0.1) is 0 Å². The summed E-state index contributed by atoms with van der Waals surface area (Å²) in [6.45, 7) is 0. The van der Waals surface area contributed by atoms with Crippen LogP contribution in [0.15, 0.2) is 0 Å². The quantitative estimate of drug-likeness (QED) is 0.560. The smallest absolute Gasteiger partial charge is 0.0297 e. The Labute approximate surface area is 58.8 Å². The number of alkyl halides is 1. The molecule has 0 heterocycles. The second-order valence-electron chi connectivity index (χ2n) is 2.46. The first-order valence-electron chi connectivity index (χ1n) is 3.20. The molecule has 0 radical (unpaired) electrons. The molecule has 2 heteroatoms. The number of rotatable bonds is 0. The highest BCUT2D eigenvalue weighted by atomic mass is 79.9. The molecule has 0 aromatic heterocycles. The fourth-order valence-electron chi connectivity index (χ4n) is 1.11. The van der Waals surface area contributed by atoms with E-state index in [2.05, 4.69) is 15.9 Å². The van der Waals surface area contributed by atoms with Crippen molar-refractivity contribution in [2.45, 2.75) is 36.6 Å². The Morgan fingerprint density at radius 3 is 2.25 bits per heavy atom. The lowest BCUT2D eigenvalue weighted by atomic mass is 9.96. The van der Waals surface area contributed by atoms with Crippen LogP contribution >= 0.6 is 15.9 Å². The van der Waals surface area contributed by atoms with Crippen molar-refractivity contribution in [3.8, 4) is 0 Å². The van der Waals surface area contributed by atoms with Crippen molar-refractivity contribution < 1.29 is 0 Å². The molecular weight excluding hydrogens is 166 g/mol. The van der Waals surface area contributed by atoms with Gasteiger partial charge in [-0.05, 0) is 12.8 Å². The zero-order valence-corrected chi connectivity index (χ0v) is 6.52. The summed E-state index contributed by atoms with van der Waals surface area (Å²) < 4.78 is 0. The van der Waals surface area contributed by atoms with Gasteiger partial charge in [-0.25, -0.2) is 0 Å². The van der Waals surface area contributed by atoms with Crippen molar-refractivity contribution >= 4 is 15.9 Å². The van der Waals surface area contributed by atoms with Crippen molar-refractivity contribution in [3.05, 3.63) is 0 Å². The van der Waals surface area contributed by atoms with Gasteiger partial charge in [-0.3, -0.25) is 0 Å². The molecule has 0 spiro atoms. The summed E-state index contributed by atoms with van der Waals surface area (Å²) in [5.74, 6) is 0. The lowest BCUT2D eigenvalue weighted by Crippen LogP contribution is -2.33. The van der Waals surface area contributed by atoms with E-state index in [1.165, 1.54) is 25.7 Å². The third-order valence-corrected chi connectivity index (χ3v) is 2.87. The Balaban J connectivity index is 2.28. The van der Waals surface area contributed by atoms with Gasteiger partial charge >= 0.3 is 0 Å². The summed E-state index contributed by atoms with van der Waals surface area (Å²) in [6.07, 6.45) is 5.14. The molecule has 0 aromatic carbocycles. The van der Waals surface area contributed by atoms with Gasteiger partial charge in [0, 0.05) is 10.9 Å². The molecule has 8 heavy (non-hydrogen) atoms. The highest BCUT2D eigenvalue weighted by Crippen LogP contribution is 2.22. The highest BCUT2D eigenvalue weighted by Gasteiger charge is 2.17. The zero-order chi connectivity index (χ0) is 5.98. The van der Waals surface area contributed by atoms with E-state index in [-0.39, 0.29) is 0 Å². The number of halogens is 1. The number of hydrogen-bond donors (Lipinski definition) is 1. The van der Waals surface area contributed by atoms with Crippen LogP contribution in [0.25, 0.3) is 0 Å². The second kappa shape index (κ2) is 2.83. The molecule has 1 saturated carbocycles. The summed E-state index contributed by atoms with van der Waals surface area (Å²) in [7, 11) is 0. The van der Waals surface area contributed by atoms with E-state index < -0.39 is 0 Å². The van der Waals surface area contributed by atoms with Crippen LogP contribution in [0.1, 0.15) is 25.7 Å². The monoisotopic (exact) mass is 177 g/mol. The Kier molecular flexibility index (Phi) is 2.32. The molecule has 1 aliphatic carbocycles. The van der Waals surface area contributed by atoms with Crippen molar-refractivity contribution in [3.63, 3.8) is 0 Å². The minimum absolute atomic E-state index is 0.420. The van der Waals surface area contributed by atoms with Gasteiger partial charge < -0.3 is 5.73 Å². The topological polar surface area (TPSA) is 26.0 Å². The summed E-state index contributed by atoms with van der Waals surface area (Å²) in [6, 6.07) is 0.420. The van der Waals surface area contributed by atoms with E-state index >= 15 is 0 Å². The lowest BCUT2D eigenvalue weighted by molar-refractivity contribution is 0.458. The first-order valence-corrected chi connectivity index (χ1v) is 4.12. The van der Waals surface area contributed by atoms with E-state index in [1.807, 2.05) is 0 Å². The van der Waals surface area contributed by atoms with E-state index in [0.717, 1.165) is 0 Å². The maximum Gasteiger partial charge on any atom is 0.0297 e. The minimum atomic E-state index is 0.420. The van der Waals surface area contributed by atoms with E-state index in [1.54, 1.807) is 0 Å². The minimum Gasteiger partial charge on any atom is -0.327 e. The van der Waals surface area contributed by atoms with Gasteiger partial charge in [0.1, 0.15) is 0 Å². The van der Waals surface area contributed by atoms with Crippen molar-refractivity contribution in [2.24, 2.45) is 5.73 Å². The van der Waals surface area contributed by atoms with Crippen LogP contribution in [0, 0.1) is 0 Å². The maximum absolute atomic E-state index is 5.73. The van der Waals surface area contributed by atoms with Crippen molar-refractivity contribution in [2.75, 3.05) is 0 Å². The molecule has 0 saturated heterocycles. The molecule has 1 nitrogen and oxygen atoms in total. The van der Waals surface area contributed by atoms with Crippen LogP contribution in [0.3, 0.4) is 0 Å².